The maximum absolute atomic E-state index is 13.1. The molecule has 9 nitrogen and oxygen atoms in total. The normalized spacial score (nSPS) is 19.3. The summed E-state index contributed by atoms with van der Waals surface area (Å²) in [5.74, 6) is -0.194. The number of aliphatic hydroxyl groups is 5. The molecule has 0 aromatic heterocycles. The summed E-state index contributed by atoms with van der Waals surface area (Å²) in [6, 6.07) is -0.836. The number of rotatable bonds is 55. The highest BCUT2D eigenvalue weighted by Gasteiger charge is 2.44. The summed E-state index contributed by atoms with van der Waals surface area (Å²) in [4.78, 5) is 13.1. The van der Waals surface area contributed by atoms with Crippen molar-refractivity contribution >= 4 is 5.91 Å². The van der Waals surface area contributed by atoms with E-state index in [2.05, 4.69) is 79.9 Å². The molecule has 1 fully saturated rings. The minimum atomic E-state index is -1.58. The SMILES string of the molecule is CCCCCCC/C=C\C/C=C\C/C=C\CCCCCCCCCCCCC(=O)NC(COC1OC(CO)C(O)C(O)C1O)C(O)/C=C/CC/C=C/CC/C=C/CCCCCCCCCCCCCCCCCCCC. The average molecular weight is 1070 g/mol. The number of carbonyl (C=O) groups excluding carboxylic acids is 1. The monoisotopic (exact) mass is 1070 g/mol. The fourth-order valence-electron chi connectivity index (χ4n) is 9.90. The van der Waals surface area contributed by atoms with Crippen LogP contribution in [-0.2, 0) is 14.3 Å². The molecule has 1 aliphatic rings. The lowest BCUT2D eigenvalue weighted by molar-refractivity contribution is -0.302. The van der Waals surface area contributed by atoms with Crippen molar-refractivity contribution in [2.45, 2.75) is 333 Å². The van der Waals surface area contributed by atoms with Gasteiger partial charge in [0.1, 0.15) is 24.4 Å². The second kappa shape index (κ2) is 55.9. The number of nitrogens with one attached hydrogen (secondary N) is 1. The summed E-state index contributed by atoms with van der Waals surface area (Å²) < 4.78 is 11.3. The molecular weight excluding hydrogens is 947 g/mol. The average Bonchev–Trinajstić information content (AvgIpc) is 3.42. The van der Waals surface area contributed by atoms with Gasteiger partial charge in [-0.3, -0.25) is 4.79 Å². The zero-order valence-electron chi connectivity index (χ0n) is 49.3. The molecule has 76 heavy (non-hydrogen) atoms. The Morgan fingerprint density at radius 2 is 0.789 bits per heavy atom. The first-order valence-corrected chi connectivity index (χ1v) is 32.2. The van der Waals surface area contributed by atoms with E-state index in [9.17, 15) is 30.3 Å². The van der Waals surface area contributed by atoms with Gasteiger partial charge in [-0.2, -0.15) is 0 Å². The Balaban J connectivity index is 2.23. The predicted octanol–water partition coefficient (Wildman–Crippen LogP) is 16.8. The highest BCUT2D eigenvalue weighted by molar-refractivity contribution is 5.76. The second-order valence-electron chi connectivity index (χ2n) is 22.2. The van der Waals surface area contributed by atoms with Crippen LogP contribution in [-0.4, -0.2) is 87.5 Å². The van der Waals surface area contributed by atoms with E-state index >= 15 is 0 Å². The van der Waals surface area contributed by atoms with Crippen LogP contribution in [0.25, 0.3) is 0 Å². The van der Waals surface area contributed by atoms with Crippen LogP contribution >= 0.6 is 0 Å². The van der Waals surface area contributed by atoms with Gasteiger partial charge in [-0.1, -0.05) is 273 Å². The molecule has 7 unspecified atom stereocenters. The number of ether oxygens (including phenoxy) is 2. The molecule has 0 aromatic carbocycles. The number of carbonyl (C=O) groups is 1. The Bertz CT molecular complexity index is 1420. The van der Waals surface area contributed by atoms with Crippen molar-refractivity contribution in [2.24, 2.45) is 0 Å². The van der Waals surface area contributed by atoms with Gasteiger partial charge in [0, 0.05) is 6.42 Å². The molecule has 1 rings (SSSR count). The lowest BCUT2D eigenvalue weighted by Gasteiger charge is -2.40. The van der Waals surface area contributed by atoms with Gasteiger partial charge in [-0.25, -0.2) is 0 Å². The van der Waals surface area contributed by atoms with Crippen molar-refractivity contribution in [3.05, 3.63) is 72.9 Å². The molecule has 6 N–H and O–H groups in total. The molecule has 7 atom stereocenters. The molecule has 1 aliphatic heterocycles. The van der Waals surface area contributed by atoms with Crippen molar-refractivity contribution in [3.8, 4) is 0 Å². The van der Waals surface area contributed by atoms with Gasteiger partial charge in [0.15, 0.2) is 6.29 Å². The van der Waals surface area contributed by atoms with E-state index in [4.69, 9.17) is 9.47 Å². The van der Waals surface area contributed by atoms with Crippen LogP contribution in [0.4, 0.5) is 0 Å². The number of hydrogen-bond donors (Lipinski definition) is 6. The van der Waals surface area contributed by atoms with E-state index in [0.29, 0.717) is 6.42 Å². The van der Waals surface area contributed by atoms with Crippen LogP contribution in [0.5, 0.6) is 0 Å². The first kappa shape index (κ1) is 71.6. The van der Waals surface area contributed by atoms with Gasteiger partial charge in [0.2, 0.25) is 5.91 Å². The summed E-state index contributed by atoms with van der Waals surface area (Å²) in [7, 11) is 0. The summed E-state index contributed by atoms with van der Waals surface area (Å²) in [5.41, 5.74) is 0. The van der Waals surface area contributed by atoms with Crippen LogP contribution in [0, 0.1) is 0 Å². The van der Waals surface area contributed by atoms with Crippen molar-refractivity contribution in [1.29, 1.82) is 0 Å². The fourth-order valence-corrected chi connectivity index (χ4v) is 9.90. The van der Waals surface area contributed by atoms with Gasteiger partial charge < -0.3 is 40.3 Å². The molecule has 0 saturated carbocycles. The topological polar surface area (TPSA) is 149 Å². The predicted molar refractivity (Wildman–Crippen MR) is 322 cm³/mol. The third-order valence-electron chi connectivity index (χ3n) is 15.0. The first-order valence-electron chi connectivity index (χ1n) is 32.2. The van der Waals surface area contributed by atoms with Crippen LogP contribution in [0.2, 0.25) is 0 Å². The van der Waals surface area contributed by atoms with E-state index in [1.807, 2.05) is 6.08 Å². The lowest BCUT2D eigenvalue weighted by Crippen LogP contribution is -2.60. The largest absolute Gasteiger partial charge is 0.394 e. The second-order valence-corrected chi connectivity index (χ2v) is 22.2. The van der Waals surface area contributed by atoms with Gasteiger partial charge in [0.25, 0.3) is 0 Å². The van der Waals surface area contributed by atoms with Crippen molar-refractivity contribution in [2.75, 3.05) is 13.2 Å². The van der Waals surface area contributed by atoms with Crippen molar-refractivity contribution in [3.63, 3.8) is 0 Å². The Hall–Kier alpha value is -2.37. The highest BCUT2D eigenvalue weighted by atomic mass is 16.7. The molecule has 442 valence electrons. The number of amides is 1. The van der Waals surface area contributed by atoms with E-state index in [1.54, 1.807) is 6.08 Å². The Morgan fingerprint density at radius 3 is 1.20 bits per heavy atom. The number of hydrogen-bond acceptors (Lipinski definition) is 8. The standard InChI is InChI=1S/C67H121NO8/c1-3-5-7-9-11-13-15-17-19-21-23-25-27-29-30-31-33-34-36-38-40-42-44-46-48-50-52-54-56-61(70)60(59-75-67-66(74)65(73)64(72)62(58-69)76-67)68-63(71)57-55-53-51-49-47-45-43-41-39-37-35-32-28-26-24-22-20-18-16-14-12-10-8-6-4-2/h16,18,22,24,28,32,38,40,46,48,54,56,60-62,64-67,69-70,72-74H,3-15,17,19-21,23,25-27,29-31,33-37,39,41-45,47,49-53,55,57-59H2,1-2H3,(H,68,71)/b18-16-,24-22-,32-28-,40-38+,48-46+,56-54+. The van der Waals surface area contributed by atoms with E-state index in [0.717, 1.165) is 70.6 Å². The van der Waals surface area contributed by atoms with E-state index in [-0.39, 0.29) is 12.5 Å². The number of aliphatic hydroxyl groups excluding tert-OH is 5. The summed E-state index contributed by atoms with van der Waals surface area (Å²) in [5, 5.41) is 54.6. The third kappa shape index (κ3) is 44.5. The summed E-state index contributed by atoms with van der Waals surface area (Å²) in [6.07, 6.45) is 71.3. The smallest absolute Gasteiger partial charge is 0.220 e. The van der Waals surface area contributed by atoms with Gasteiger partial charge in [-0.05, 0) is 83.5 Å². The Morgan fingerprint density at radius 1 is 0.447 bits per heavy atom. The molecule has 1 amide bonds. The maximum atomic E-state index is 13.1. The molecule has 1 heterocycles. The number of unbranched alkanes of at least 4 members (excludes halogenated alkanes) is 35. The first-order chi connectivity index (χ1) is 37.3. The van der Waals surface area contributed by atoms with Crippen LogP contribution in [0.15, 0.2) is 72.9 Å². The number of allylic oxidation sites excluding steroid dienone is 11. The molecule has 0 aliphatic carbocycles. The van der Waals surface area contributed by atoms with Crippen LogP contribution in [0.1, 0.15) is 290 Å². The highest BCUT2D eigenvalue weighted by Crippen LogP contribution is 2.23. The van der Waals surface area contributed by atoms with Gasteiger partial charge in [0.05, 0.1) is 25.4 Å². The fraction of sp³-hybridized carbons (Fsp3) is 0.806. The third-order valence-corrected chi connectivity index (χ3v) is 15.0. The maximum Gasteiger partial charge on any atom is 0.220 e. The Kier molecular flexibility index (Phi) is 52.7. The van der Waals surface area contributed by atoms with Gasteiger partial charge >= 0.3 is 0 Å². The van der Waals surface area contributed by atoms with Crippen LogP contribution < -0.4 is 5.32 Å². The zero-order chi connectivity index (χ0) is 55.0. The van der Waals surface area contributed by atoms with Crippen molar-refractivity contribution in [1.82, 2.24) is 5.32 Å². The quantitative estimate of drug-likeness (QED) is 0.0261. The lowest BCUT2D eigenvalue weighted by atomic mass is 9.99. The summed E-state index contributed by atoms with van der Waals surface area (Å²) in [6.45, 7) is 3.77. The summed E-state index contributed by atoms with van der Waals surface area (Å²) >= 11 is 0. The Labute approximate surface area is 468 Å². The van der Waals surface area contributed by atoms with E-state index < -0.39 is 49.5 Å². The molecule has 9 heteroatoms. The van der Waals surface area contributed by atoms with Gasteiger partial charge in [-0.15, -0.1) is 0 Å². The minimum Gasteiger partial charge on any atom is -0.394 e. The zero-order valence-corrected chi connectivity index (χ0v) is 49.3. The molecular formula is C67H121NO8. The molecule has 0 bridgehead atoms. The molecule has 0 spiro atoms. The minimum absolute atomic E-state index is 0.194. The molecule has 0 radical (unpaired) electrons. The van der Waals surface area contributed by atoms with Crippen LogP contribution in [0.3, 0.4) is 0 Å². The molecule has 1 saturated heterocycles. The van der Waals surface area contributed by atoms with Crippen molar-refractivity contribution < 1.29 is 39.8 Å². The molecule has 0 aromatic rings. The van der Waals surface area contributed by atoms with E-state index in [1.165, 1.54) is 199 Å².